The number of amides is 1. The maximum absolute atomic E-state index is 13.1. The van der Waals surface area contributed by atoms with Crippen molar-refractivity contribution in [2.45, 2.75) is 65.0 Å². The maximum atomic E-state index is 13.1. The van der Waals surface area contributed by atoms with Gasteiger partial charge >= 0.3 is 0 Å². The van der Waals surface area contributed by atoms with Gasteiger partial charge in [0.1, 0.15) is 17.6 Å². The largest absolute Gasteiger partial charge is 0.497 e. The van der Waals surface area contributed by atoms with Gasteiger partial charge in [-0.1, -0.05) is 57.0 Å². The molecule has 0 bridgehead atoms. The van der Waals surface area contributed by atoms with Gasteiger partial charge in [-0.15, -0.1) is 0 Å². The summed E-state index contributed by atoms with van der Waals surface area (Å²) >= 11 is 0. The van der Waals surface area contributed by atoms with E-state index in [1.807, 2.05) is 24.3 Å². The third kappa shape index (κ3) is 6.09. The van der Waals surface area contributed by atoms with Crippen LogP contribution in [0.4, 0.5) is 5.69 Å². The third-order valence-electron chi connectivity index (χ3n) is 5.78. The van der Waals surface area contributed by atoms with Gasteiger partial charge < -0.3 is 15.0 Å². The lowest BCUT2D eigenvalue weighted by Crippen LogP contribution is -2.50. The molecule has 0 aromatic heterocycles. The molecule has 1 atom stereocenters. The number of nitrogens with zero attached hydrogens (tertiary/aromatic N) is 2. The minimum Gasteiger partial charge on any atom is -0.497 e. The molecule has 1 N–H and O–H groups in total. The summed E-state index contributed by atoms with van der Waals surface area (Å²) in [5, 5.41) is 3.15. The summed E-state index contributed by atoms with van der Waals surface area (Å²) in [5.41, 5.74) is 3.44. The van der Waals surface area contributed by atoms with E-state index in [2.05, 4.69) is 48.3 Å². The highest BCUT2D eigenvalue weighted by Gasteiger charge is 2.30. The molecule has 1 unspecified atom stereocenters. The molecule has 1 heterocycles. The number of carbonyl (C=O) groups is 1. The van der Waals surface area contributed by atoms with Crippen LogP contribution < -0.4 is 10.1 Å². The Hall–Kier alpha value is -2.82. The van der Waals surface area contributed by atoms with Gasteiger partial charge in [-0.05, 0) is 48.6 Å². The van der Waals surface area contributed by atoms with Crippen molar-refractivity contribution in [3.05, 3.63) is 59.7 Å². The van der Waals surface area contributed by atoms with Crippen molar-refractivity contribution in [2.24, 2.45) is 4.99 Å². The average Bonchev–Trinajstić information content (AvgIpc) is 2.81. The van der Waals surface area contributed by atoms with Gasteiger partial charge in [-0.25, -0.2) is 4.99 Å². The molecule has 0 spiro atoms. The third-order valence-corrected chi connectivity index (χ3v) is 5.78. The molecule has 5 nitrogen and oxygen atoms in total. The van der Waals surface area contributed by atoms with Crippen molar-refractivity contribution < 1.29 is 9.53 Å². The molecule has 5 heteroatoms. The Morgan fingerprint density at radius 1 is 1.10 bits per heavy atom. The predicted octanol–water partition coefficient (Wildman–Crippen LogP) is 5.26. The Balaban J connectivity index is 1.81. The quantitative estimate of drug-likeness (QED) is 0.504. The van der Waals surface area contributed by atoms with Gasteiger partial charge in [0.15, 0.2) is 0 Å². The number of rotatable bonds is 11. The highest BCUT2D eigenvalue weighted by molar-refractivity contribution is 5.92. The van der Waals surface area contributed by atoms with E-state index in [0.29, 0.717) is 0 Å². The number of ether oxygens (including phenoxy) is 1. The van der Waals surface area contributed by atoms with Crippen molar-refractivity contribution in [2.75, 3.05) is 13.7 Å². The Morgan fingerprint density at radius 2 is 1.87 bits per heavy atom. The molecule has 2 aromatic carbocycles. The zero-order valence-corrected chi connectivity index (χ0v) is 19.1. The van der Waals surface area contributed by atoms with E-state index >= 15 is 0 Å². The number of benzene rings is 2. The van der Waals surface area contributed by atoms with Gasteiger partial charge in [0, 0.05) is 19.5 Å². The summed E-state index contributed by atoms with van der Waals surface area (Å²) in [4.78, 5) is 20.3. The second-order valence-electron chi connectivity index (χ2n) is 8.08. The number of amidine groups is 1. The van der Waals surface area contributed by atoms with Gasteiger partial charge in [0.2, 0.25) is 5.91 Å². The fourth-order valence-corrected chi connectivity index (χ4v) is 3.98. The lowest BCUT2D eigenvalue weighted by atomic mass is 10.0. The number of fused-ring (bicyclic) bond motifs is 1. The Bertz CT molecular complexity index is 876. The number of carbonyl (C=O) groups excluding carboxylic acids is 1. The summed E-state index contributed by atoms with van der Waals surface area (Å²) in [7, 11) is 1.68. The van der Waals surface area contributed by atoms with E-state index in [4.69, 9.17) is 9.73 Å². The number of nitrogens with one attached hydrogen (secondary N) is 1. The summed E-state index contributed by atoms with van der Waals surface area (Å²) in [6.45, 7) is 5.74. The van der Waals surface area contributed by atoms with Gasteiger partial charge in [0.05, 0.1) is 12.8 Å². The van der Waals surface area contributed by atoms with E-state index in [0.717, 1.165) is 68.9 Å². The molecule has 3 rings (SSSR count). The molecule has 1 amide bonds. The van der Waals surface area contributed by atoms with E-state index < -0.39 is 0 Å². The van der Waals surface area contributed by atoms with Crippen molar-refractivity contribution in [1.82, 2.24) is 10.2 Å². The Morgan fingerprint density at radius 3 is 2.58 bits per heavy atom. The summed E-state index contributed by atoms with van der Waals surface area (Å²) < 4.78 is 5.27. The number of methoxy groups -OCH3 is 1. The number of para-hydroxylation sites is 1. The first kappa shape index (κ1) is 22.9. The van der Waals surface area contributed by atoms with Crippen molar-refractivity contribution in [1.29, 1.82) is 0 Å². The minimum absolute atomic E-state index is 0.117. The number of aryl methyl sites for hydroxylation is 1. The standard InChI is InChI=1S/C26H35N3O2/c1-4-6-18-27-26(30)24(9-5-2)29-19-21-10-7-8-11-23(21)28-25(29)17-14-20-12-15-22(31-3)16-13-20/h7-8,10-13,15-16,24H,4-6,9,14,17-19H2,1-3H3,(H,27,30). The van der Waals surface area contributed by atoms with Crippen molar-refractivity contribution >= 4 is 17.4 Å². The first-order valence-electron chi connectivity index (χ1n) is 11.5. The molecule has 0 saturated carbocycles. The van der Waals surface area contributed by atoms with E-state index in [1.54, 1.807) is 7.11 Å². The molecule has 166 valence electrons. The average molecular weight is 422 g/mol. The van der Waals surface area contributed by atoms with Crippen LogP contribution >= 0.6 is 0 Å². The Labute approximate surface area is 186 Å². The number of hydrogen-bond acceptors (Lipinski definition) is 4. The van der Waals surface area contributed by atoms with Crippen LogP contribution in [-0.2, 0) is 17.8 Å². The van der Waals surface area contributed by atoms with Gasteiger partial charge in [-0.2, -0.15) is 0 Å². The molecule has 31 heavy (non-hydrogen) atoms. The lowest BCUT2D eigenvalue weighted by Gasteiger charge is -2.36. The van der Waals surface area contributed by atoms with Crippen LogP contribution in [0.25, 0.3) is 0 Å². The molecule has 0 fully saturated rings. The fraction of sp³-hybridized carbons (Fsp3) is 0.462. The number of aliphatic imine (C=N–C) groups is 1. The van der Waals surface area contributed by atoms with Crippen LogP contribution in [0.5, 0.6) is 5.75 Å². The van der Waals surface area contributed by atoms with Crippen LogP contribution in [0.3, 0.4) is 0 Å². The smallest absolute Gasteiger partial charge is 0.242 e. The van der Waals surface area contributed by atoms with Crippen LogP contribution in [-0.4, -0.2) is 36.3 Å². The van der Waals surface area contributed by atoms with E-state index in [9.17, 15) is 4.79 Å². The van der Waals surface area contributed by atoms with Crippen molar-refractivity contribution in [3.63, 3.8) is 0 Å². The highest BCUT2D eigenvalue weighted by Crippen LogP contribution is 2.29. The zero-order chi connectivity index (χ0) is 22.1. The van der Waals surface area contributed by atoms with Gasteiger partial charge in [0.25, 0.3) is 0 Å². The second kappa shape index (κ2) is 11.5. The van der Waals surface area contributed by atoms with E-state index in [1.165, 1.54) is 11.1 Å². The SMILES string of the molecule is CCCCNC(=O)C(CCC)N1Cc2ccccc2N=C1CCc1ccc(OC)cc1. The van der Waals surface area contributed by atoms with E-state index in [-0.39, 0.29) is 11.9 Å². The van der Waals surface area contributed by atoms with Crippen LogP contribution in [0.1, 0.15) is 57.1 Å². The van der Waals surface area contributed by atoms with Crippen LogP contribution in [0.15, 0.2) is 53.5 Å². The topological polar surface area (TPSA) is 53.9 Å². The molecule has 0 radical (unpaired) electrons. The monoisotopic (exact) mass is 421 g/mol. The highest BCUT2D eigenvalue weighted by atomic mass is 16.5. The maximum Gasteiger partial charge on any atom is 0.242 e. The van der Waals surface area contributed by atoms with Crippen LogP contribution in [0, 0.1) is 0 Å². The first-order valence-corrected chi connectivity index (χ1v) is 11.5. The molecule has 1 aliphatic rings. The number of unbranched alkanes of at least 4 members (excludes halogenated alkanes) is 1. The number of hydrogen-bond donors (Lipinski definition) is 1. The summed E-state index contributed by atoms with van der Waals surface area (Å²) in [6.07, 6.45) is 5.52. The van der Waals surface area contributed by atoms with Crippen molar-refractivity contribution in [3.8, 4) is 5.75 Å². The molecule has 1 aliphatic heterocycles. The van der Waals surface area contributed by atoms with Crippen LogP contribution in [0.2, 0.25) is 0 Å². The molecular formula is C26H35N3O2. The normalized spacial score (nSPS) is 13.9. The second-order valence-corrected chi connectivity index (χ2v) is 8.08. The minimum atomic E-state index is -0.190. The molecule has 0 saturated heterocycles. The first-order chi connectivity index (χ1) is 15.2. The summed E-state index contributed by atoms with van der Waals surface area (Å²) in [6, 6.07) is 16.2. The molecular weight excluding hydrogens is 386 g/mol. The zero-order valence-electron chi connectivity index (χ0n) is 19.1. The lowest BCUT2D eigenvalue weighted by molar-refractivity contribution is -0.125. The molecule has 0 aliphatic carbocycles. The van der Waals surface area contributed by atoms with Gasteiger partial charge in [-0.3, -0.25) is 4.79 Å². The molecule has 2 aromatic rings. The summed E-state index contributed by atoms with van der Waals surface area (Å²) in [5.74, 6) is 1.98. The fourth-order valence-electron chi connectivity index (χ4n) is 3.98. The Kier molecular flexibility index (Phi) is 8.51. The predicted molar refractivity (Wildman–Crippen MR) is 127 cm³/mol.